The summed E-state index contributed by atoms with van der Waals surface area (Å²) in [6.45, 7) is 1.61. The quantitative estimate of drug-likeness (QED) is 0.424. The van der Waals surface area contributed by atoms with Gasteiger partial charge in [0.2, 0.25) is 0 Å². The van der Waals surface area contributed by atoms with Crippen molar-refractivity contribution in [1.29, 1.82) is 0 Å². The molecule has 0 amide bonds. The van der Waals surface area contributed by atoms with Crippen LogP contribution in [-0.2, 0) is 7.64 Å². The molecule has 0 bridgehead atoms. The van der Waals surface area contributed by atoms with Crippen LogP contribution in [0.5, 0.6) is 0 Å². The van der Waals surface area contributed by atoms with Gasteiger partial charge in [0.15, 0.2) is 0 Å². The van der Waals surface area contributed by atoms with Crippen molar-refractivity contribution in [1.82, 2.24) is 0 Å². The predicted octanol–water partition coefficient (Wildman–Crippen LogP) is -0.433. The Bertz CT molecular complexity index is 19.2. The van der Waals surface area contributed by atoms with E-state index in [1.807, 2.05) is 0 Å². The Morgan fingerprint density at radius 3 is 2.00 bits per heavy atom. The van der Waals surface area contributed by atoms with Crippen LogP contribution in [0.25, 0.3) is 0 Å². The molecule has 0 aromatic heterocycles. The average molecular weight is 139 g/mol. The van der Waals surface area contributed by atoms with E-state index in [1.54, 1.807) is 0 Å². The maximum atomic E-state index is 4.78. The first-order chi connectivity index (χ1) is 2.50. The van der Waals surface area contributed by atoms with Gasteiger partial charge in [-0.1, -0.05) is 0 Å². The van der Waals surface area contributed by atoms with Gasteiger partial charge in [0.25, 0.3) is 0 Å². The summed E-state index contributed by atoms with van der Waals surface area (Å²) in [5, 5.41) is 0. The van der Waals surface area contributed by atoms with E-state index in [0.717, 1.165) is 13.2 Å². The Morgan fingerprint density at radius 2 is 1.80 bits per heavy atom. The first kappa shape index (κ1) is 3.62. The predicted molar refractivity (Wildman–Crippen MR) is 17.7 cm³/mol. The third kappa shape index (κ3) is 0.893. The van der Waals surface area contributed by atoms with Gasteiger partial charge in [-0.05, 0) is 0 Å². The molecular weight excluding hydrogens is 135 g/mol. The number of hydrogen-bond donors (Lipinski definition) is 0. The molecule has 2 nitrogen and oxygen atoms in total. The third-order valence-corrected chi connectivity index (χ3v) is 1.45. The second kappa shape index (κ2) is 1.78. The SMILES string of the molecule is C1CO[Se]O1. The van der Waals surface area contributed by atoms with Gasteiger partial charge < -0.3 is 0 Å². The maximum absolute atomic E-state index is 4.78. The van der Waals surface area contributed by atoms with Crippen LogP contribution < -0.4 is 0 Å². The molecule has 0 N–H and O–H groups in total. The normalized spacial score (nSPS) is 24.0. The van der Waals surface area contributed by atoms with Gasteiger partial charge in [-0.15, -0.1) is 0 Å². The van der Waals surface area contributed by atoms with Crippen LogP contribution in [0.4, 0.5) is 0 Å². The molecule has 1 aliphatic heterocycles. The molecule has 0 radical (unpaired) electrons. The molecule has 0 atom stereocenters. The Hall–Kier alpha value is 0.439. The van der Waals surface area contributed by atoms with Crippen molar-refractivity contribution in [3.63, 3.8) is 0 Å². The monoisotopic (exact) mass is 140 g/mol. The first-order valence-corrected chi connectivity index (χ1v) is 2.81. The molecule has 0 aromatic rings. The summed E-state index contributed by atoms with van der Waals surface area (Å²) < 4.78 is 9.57. The summed E-state index contributed by atoms with van der Waals surface area (Å²) in [6, 6.07) is 0. The topological polar surface area (TPSA) is 18.5 Å². The summed E-state index contributed by atoms with van der Waals surface area (Å²) in [4.78, 5) is 0. The van der Waals surface area contributed by atoms with Gasteiger partial charge in [0.1, 0.15) is 0 Å². The van der Waals surface area contributed by atoms with Gasteiger partial charge in [-0.3, -0.25) is 0 Å². The van der Waals surface area contributed by atoms with Crippen molar-refractivity contribution >= 4 is 15.6 Å². The second-order valence-electron chi connectivity index (χ2n) is 0.712. The second-order valence-corrected chi connectivity index (χ2v) is 1.99. The Morgan fingerprint density at radius 1 is 1.20 bits per heavy atom. The fraction of sp³-hybridized carbons (Fsp3) is 1.00. The van der Waals surface area contributed by atoms with Gasteiger partial charge in [-0.25, -0.2) is 0 Å². The van der Waals surface area contributed by atoms with Crippen LogP contribution in [0.1, 0.15) is 0 Å². The zero-order valence-electron chi connectivity index (χ0n) is 2.64. The molecule has 3 heteroatoms. The zero-order chi connectivity index (χ0) is 3.54. The number of rotatable bonds is 0. The average Bonchev–Trinajstić information content (AvgIpc) is 1.76. The summed E-state index contributed by atoms with van der Waals surface area (Å²) >= 11 is 0.0694. The van der Waals surface area contributed by atoms with E-state index in [9.17, 15) is 0 Å². The first-order valence-electron chi connectivity index (χ1n) is 1.41. The van der Waals surface area contributed by atoms with E-state index in [1.165, 1.54) is 0 Å². The van der Waals surface area contributed by atoms with Crippen LogP contribution >= 0.6 is 0 Å². The van der Waals surface area contributed by atoms with Crippen LogP contribution in [0.3, 0.4) is 0 Å². The van der Waals surface area contributed by atoms with Crippen LogP contribution in [0.15, 0.2) is 0 Å². The van der Waals surface area contributed by atoms with Gasteiger partial charge in [0, 0.05) is 0 Å². The molecule has 1 heterocycles. The molecule has 0 unspecified atom stereocenters. The van der Waals surface area contributed by atoms with Crippen molar-refractivity contribution in [2.24, 2.45) is 0 Å². The molecule has 30 valence electrons. The minimum absolute atomic E-state index is 0.0694. The molecule has 0 saturated carbocycles. The minimum atomic E-state index is 0.0694. The molecule has 1 saturated heterocycles. The molecule has 0 aromatic carbocycles. The summed E-state index contributed by atoms with van der Waals surface area (Å²) in [5.41, 5.74) is 0. The fourth-order valence-electron chi connectivity index (χ4n) is 0.170. The van der Waals surface area contributed by atoms with E-state index in [0.29, 0.717) is 0 Å². The standard InChI is InChI=1S/C2H4O2Se/c1-2-4-5-3-1/h1-2H2. The number of hydrogen-bond acceptors (Lipinski definition) is 2. The van der Waals surface area contributed by atoms with Crippen molar-refractivity contribution in [2.45, 2.75) is 0 Å². The van der Waals surface area contributed by atoms with E-state index in [2.05, 4.69) is 0 Å². The Labute approximate surface area is 37.3 Å². The molecule has 1 rings (SSSR count). The van der Waals surface area contributed by atoms with Crippen LogP contribution in [-0.4, -0.2) is 28.8 Å². The molecule has 0 aliphatic carbocycles. The van der Waals surface area contributed by atoms with Crippen molar-refractivity contribution < 1.29 is 7.64 Å². The van der Waals surface area contributed by atoms with E-state index >= 15 is 0 Å². The van der Waals surface area contributed by atoms with E-state index in [4.69, 9.17) is 7.64 Å². The van der Waals surface area contributed by atoms with Crippen molar-refractivity contribution in [2.75, 3.05) is 13.2 Å². The molecule has 0 spiro atoms. The van der Waals surface area contributed by atoms with Crippen molar-refractivity contribution in [3.05, 3.63) is 0 Å². The van der Waals surface area contributed by atoms with E-state index in [-0.39, 0.29) is 15.6 Å². The third-order valence-electron chi connectivity index (χ3n) is 0.346. The van der Waals surface area contributed by atoms with Crippen LogP contribution in [0.2, 0.25) is 0 Å². The summed E-state index contributed by atoms with van der Waals surface area (Å²) in [5.74, 6) is 0. The molecule has 5 heavy (non-hydrogen) atoms. The van der Waals surface area contributed by atoms with Gasteiger partial charge in [-0.2, -0.15) is 0 Å². The Kier molecular flexibility index (Phi) is 1.29. The van der Waals surface area contributed by atoms with Crippen molar-refractivity contribution in [3.8, 4) is 0 Å². The molecule has 1 aliphatic rings. The van der Waals surface area contributed by atoms with Gasteiger partial charge >= 0.3 is 36.5 Å². The van der Waals surface area contributed by atoms with Gasteiger partial charge in [0.05, 0.1) is 0 Å². The Balaban J connectivity index is 2.08. The fourth-order valence-corrected chi connectivity index (χ4v) is 0.884. The van der Waals surface area contributed by atoms with Crippen LogP contribution in [0, 0.1) is 0 Å². The summed E-state index contributed by atoms with van der Waals surface area (Å²) in [7, 11) is 0. The summed E-state index contributed by atoms with van der Waals surface area (Å²) in [6.07, 6.45) is 0. The van der Waals surface area contributed by atoms with E-state index < -0.39 is 0 Å². The molecule has 1 fully saturated rings. The zero-order valence-corrected chi connectivity index (χ0v) is 4.35. The molecular formula is C2H4O2Se.